The Bertz CT molecular complexity index is 676. The van der Waals surface area contributed by atoms with Crippen molar-refractivity contribution in [1.82, 2.24) is 5.32 Å². The van der Waals surface area contributed by atoms with E-state index >= 15 is 0 Å². The van der Waals surface area contributed by atoms with Gasteiger partial charge in [0.15, 0.2) is 11.5 Å². The van der Waals surface area contributed by atoms with Crippen molar-refractivity contribution in [2.24, 2.45) is 0 Å². The number of ether oxygens (including phenoxy) is 3. The number of nitrogens with one attached hydrogen (secondary N) is 1. The van der Waals surface area contributed by atoms with Crippen LogP contribution in [0.5, 0.6) is 11.5 Å². The molecule has 4 nitrogen and oxygen atoms in total. The Labute approximate surface area is 161 Å². The predicted octanol–water partition coefficient (Wildman–Crippen LogP) is 4.83. The molecule has 0 fully saturated rings. The van der Waals surface area contributed by atoms with Crippen LogP contribution in [0.25, 0.3) is 0 Å². The van der Waals surface area contributed by atoms with Crippen LogP contribution in [0.3, 0.4) is 0 Å². The molecule has 0 aromatic heterocycles. The maximum atomic E-state index is 6.17. The topological polar surface area (TPSA) is 39.7 Å². The first-order valence-electron chi connectivity index (χ1n) is 8.95. The summed E-state index contributed by atoms with van der Waals surface area (Å²) in [7, 11) is 1.65. The second kappa shape index (κ2) is 11.1. The fraction of sp³-hybridized carbons (Fsp3) is 0.429. The van der Waals surface area contributed by atoms with Gasteiger partial charge in [-0.15, -0.1) is 0 Å². The van der Waals surface area contributed by atoms with Crippen LogP contribution in [-0.2, 0) is 17.9 Å². The zero-order chi connectivity index (χ0) is 18.8. The van der Waals surface area contributed by atoms with E-state index in [-0.39, 0.29) is 6.10 Å². The molecule has 0 spiro atoms. The minimum absolute atomic E-state index is 0.289. The summed E-state index contributed by atoms with van der Waals surface area (Å²) >= 11 is 6.17. The molecule has 142 valence electrons. The summed E-state index contributed by atoms with van der Waals surface area (Å²) in [5, 5.41) is 4.12. The molecule has 0 atom stereocenters. The third-order valence-electron chi connectivity index (χ3n) is 3.85. The molecule has 5 heteroatoms. The van der Waals surface area contributed by atoms with Gasteiger partial charge in [-0.3, -0.25) is 0 Å². The van der Waals surface area contributed by atoms with Crippen LogP contribution in [0.4, 0.5) is 0 Å². The molecule has 0 aliphatic rings. The fourth-order valence-electron chi connectivity index (χ4n) is 2.46. The maximum absolute atomic E-state index is 6.17. The second-order valence-corrected chi connectivity index (χ2v) is 6.72. The minimum Gasteiger partial charge on any atom is -0.493 e. The monoisotopic (exact) mass is 377 g/mol. The molecule has 0 bridgehead atoms. The van der Waals surface area contributed by atoms with E-state index in [1.807, 2.05) is 42.5 Å². The molecular weight excluding hydrogens is 350 g/mol. The van der Waals surface area contributed by atoms with Crippen molar-refractivity contribution in [3.05, 3.63) is 58.6 Å². The van der Waals surface area contributed by atoms with E-state index in [0.717, 1.165) is 43.0 Å². The average Bonchev–Trinajstić information content (AvgIpc) is 2.64. The lowest BCUT2D eigenvalue weighted by Crippen LogP contribution is -2.17. The van der Waals surface area contributed by atoms with Crippen molar-refractivity contribution in [3.8, 4) is 11.5 Å². The summed E-state index contributed by atoms with van der Waals surface area (Å²) in [6, 6.07) is 13.6. The molecule has 26 heavy (non-hydrogen) atoms. The molecule has 0 aliphatic carbocycles. The second-order valence-electron chi connectivity index (χ2n) is 6.32. The molecule has 2 aromatic rings. The van der Waals surface area contributed by atoms with Gasteiger partial charge >= 0.3 is 0 Å². The van der Waals surface area contributed by atoms with Gasteiger partial charge in [-0.05, 0) is 50.6 Å². The van der Waals surface area contributed by atoms with Crippen molar-refractivity contribution in [3.63, 3.8) is 0 Å². The Morgan fingerprint density at radius 3 is 2.62 bits per heavy atom. The summed E-state index contributed by atoms with van der Waals surface area (Å²) in [6.07, 6.45) is 1.28. The van der Waals surface area contributed by atoms with Crippen molar-refractivity contribution in [2.45, 2.75) is 39.5 Å². The van der Waals surface area contributed by atoms with Crippen LogP contribution in [0, 0.1) is 0 Å². The SMILES string of the molecule is COc1cc(CNCCCOC(C)C)ccc1OCc1ccccc1Cl. The van der Waals surface area contributed by atoms with Crippen molar-refractivity contribution < 1.29 is 14.2 Å². The molecule has 0 unspecified atom stereocenters. The molecule has 0 radical (unpaired) electrons. The Morgan fingerprint density at radius 2 is 1.88 bits per heavy atom. The van der Waals surface area contributed by atoms with Gasteiger partial charge in [-0.2, -0.15) is 0 Å². The molecule has 0 amide bonds. The number of benzene rings is 2. The molecule has 2 rings (SSSR count). The van der Waals surface area contributed by atoms with Gasteiger partial charge in [0.05, 0.1) is 13.2 Å². The summed E-state index contributed by atoms with van der Waals surface area (Å²) in [6.45, 7) is 6.99. The van der Waals surface area contributed by atoms with Gasteiger partial charge in [0.1, 0.15) is 6.61 Å². The third kappa shape index (κ3) is 6.87. The summed E-state index contributed by atoms with van der Waals surface area (Å²) in [5.41, 5.74) is 2.10. The third-order valence-corrected chi connectivity index (χ3v) is 4.22. The standard InChI is InChI=1S/C21H28ClNO3/c1-16(2)25-12-6-11-23-14-17-9-10-20(21(13-17)24-3)26-15-18-7-4-5-8-19(18)22/h4-5,7-10,13,16,23H,6,11-12,14-15H2,1-3H3. The molecule has 0 saturated carbocycles. The number of hydrogen-bond acceptors (Lipinski definition) is 4. The fourth-order valence-corrected chi connectivity index (χ4v) is 2.65. The highest BCUT2D eigenvalue weighted by Crippen LogP contribution is 2.29. The Morgan fingerprint density at radius 1 is 1.08 bits per heavy atom. The van der Waals surface area contributed by atoms with Crippen LogP contribution in [0.15, 0.2) is 42.5 Å². The summed E-state index contributed by atoms with van der Waals surface area (Å²) in [5.74, 6) is 1.43. The van der Waals surface area contributed by atoms with Gasteiger partial charge in [0, 0.05) is 23.7 Å². The van der Waals surface area contributed by atoms with Crippen LogP contribution in [0.2, 0.25) is 5.02 Å². The Balaban J connectivity index is 1.83. The summed E-state index contributed by atoms with van der Waals surface area (Å²) in [4.78, 5) is 0. The Hall–Kier alpha value is -1.75. The lowest BCUT2D eigenvalue weighted by atomic mass is 10.2. The van der Waals surface area contributed by atoms with Gasteiger partial charge in [-0.1, -0.05) is 35.9 Å². The van der Waals surface area contributed by atoms with Crippen LogP contribution < -0.4 is 14.8 Å². The van der Waals surface area contributed by atoms with Crippen molar-refractivity contribution in [2.75, 3.05) is 20.3 Å². The largest absolute Gasteiger partial charge is 0.493 e. The number of rotatable bonds is 11. The van der Waals surface area contributed by atoms with Gasteiger partial charge in [0.25, 0.3) is 0 Å². The minimum atomic E-state index is 0.289. The van der Waals surface area contributed by atoms with Gasteiger partial charge in [0.2, 0.25) is 0 Å². The zero-order valence-corrected chi connectivity index (χ0v) is 16.5. The molecule has 2 aromatic carbocycles. The quantitative estimate of drug-likeness (QED) is 0.569. The highest BCUT2D eigenvalue weighted by atomic mass is 35.5. The van der Waals surface area contributed by atoms with E-state index in [2.05, 4.69) is 19.2 Å². The van der Waals surface area contributed by atoms with E-state index in [1.165, 1.54) is 0 Å². The van der Waals surface area contributed by atoms with Crippen molar-refractivity contribution >= 4 is 11.6 Å². The van der Waals surface area contributed by atoms with Gasteiger partial charge < -0.3 is 19.5 Å². The number of hydrogen-bond donors (Lipinski definition) is 1. The highest BCUT2D eigenvalue weighted by molar-refractivity contribution is 6.31. The Kier molecular flexibility index (Phi) is 8.75. The smallest absolute Gasteiger partial charge is 0.161 e. The first kappa shape index (κ1) is 20.6. The number of halogens is 1. The lowest BCUT2D eigenvalue weighted by molar-refractivity contribution is 0.0770. The molecule has 1 N–H and O–H groups in total. The van der Waals surface area contributed by atoms with Gasteiger partial charge in [-0.25, -0.2) is 0 Å². The molecular formula is C21H28ClNO3. The van der Waals surface area contributed by atoms with Crippen LogP contribution in [0.1, 0.15) is 31.4 Å². The normalized spacial score (nSPS) is 11.0. The molecule has 0 heterocycles. The molecule has 0 saturated heterocycles. The predicted molar refractivity (Wildman–Crippen MR) is 106 cm³/mol. The number of methoxy groups -OCH3 is 1. The molecule has 0 aliphatic heterocycles. The average molecular weight is 378 g/mol. The lowest BCUT2D eigenvalue weighted by Gasteiger charge is -2.13. The first-order chi connectivity index (χ1) is 12.6. The summed E-state index contributed by atoms with van der Waals surface area (Å²) < 4.78 is 16.9. The van der Waals surface area contributed by atoms with Crippen molar-refractivity contribution in [1.29, 1.82) is 0 Å². The van der Waals surface area contributed by atoms with E-state index in [0.29, 0.717) is 17.4 Å². The highest BCUT2D eigenvalue weighted by Gasteiger charge is 2.07. The van der Waals surface area contributed by atoms with Crippen LogP contribution >= 0.6 is 11.6 Å². The van der Waals surface area contributed by atoms with Crippen LogP contribution in [-0.4, -0.2) is 26.4 Å². The van der Waals surface area contributed by atoms with E-state index in [1.54, 1.807) is 7.11 Å². The first-order valence-corrected chi connectivity index (χ1v) is 9.33. The zero-order valence-electron chi connectivity index (χ0n) is 15.8. The van der Waals surface area contributed by atoms with E-state index in [4.69, 9.17) is 25.8 Å². The maximum Gasteiger partial charge on any atom is 0.161 e. The van der Waals surface area contributed by atoms with E-state index in [9.17, 15) is 0 Å². The van der Waals surface area contributed by atoms with E-state index < -0.39 is 0 Å².